The van der Waals surface area contributed by atoms with E-state index in [1.165, 1.54) is 24.3 Å². The molecule has 2 heterocycles. The van der Waals surface area contributed by atoms with Gasteiger partial charge in [0.15, 0.2) is 15.7 Å². The number of hydrogen-bond acceptors (Lipinski definition) is 8. The van der Waals surface area contributed by atoms with E-state index in [4.69, 9.17) is 0 Å². The number of ether oxygens (including phenoxy) is 1. The molecule has 2 aromatic carbocycles. The average molecular weight is 497 g/mol. The lowest BCUT2D eigenvalue weighted by atomic mass is 10.2. The van der Waals surface area contributed by atoms with Gasteiger partial charge in [0.2, 0.25) is 0 Å². The number of tetrazole rings is 1. The fraction of sp³-hybridized carbons (Fsp3) is 0.381. The van der Waals surface area contributed by atoms with E-state index < -0.39 is 16.2 Å². The molecule has 13 heteroatoms. The van der Waals surface area contributed by atoms with Crippen LogP contribution in [0.3, 0.4) is 0 Å². The summed E-state index contributed by atoms with van der Waals surface area (Å²) < 4.78 is 65.7. The number of hydrogen-bond donors (Lipinski definition) is 0. The molecule has 0 bridgehead atoms. The maximum atomic E-state index is 12.3. The Morgan fingerprint density at radius 1 is 0.912 bits per heavy atom. The van der Waals surface area contributed by atoms with E-state index in [2.05, 4.69) is 30.1 Å². The Bertz CT molecular complexity index is 1210. The summed E-state index contributed by atoms with van der Waals surface area (Å²) in [4.78, 5) is 4.66. The SMILES string of the molecule is CS(=O)(=O)c1ccc(-n2nnnc2CN2CCN(Cc3ccc(OC(F)(F)F)cc3)CC2)cc1. The van der Waals surface area contributed by atoms with Crippen molar-refractivity contribution in [1.29, 1.82) is 0 Å². The molecule has 1 aromatic heterocycles. The van der Waals surface area contributed by atoms with Crippen LogP contribution in [0.5, 0.6) is 5.75 Å². The molecule has 1 aliphatic heterocycles. The highest BCUT2D eigenvalue weighted by atomic mass is 32.2. The second-order valence-corrected chi connectivity index (χ2v) is 10.0. The Balaban J connectivity index is 1.31. The van der Waals surface area contributed by atoms with Crippen LogP contribution < -0.4 is 4.74 Å². The van der Waals surface area contributed by atoms with Crippen molar-refractivity contribution in [2.45, 2.75) is 24.3 Å². The Kier molecular flexibility index (Phi) is 6.86. The zero-order valence-electron chi connectivity index (χ0n) is 18.3. The number of rotatable bonds is 7. The third-order valence-corrected chi connectivity index (χ3v) is 6.57. The summed E-state index contributed by atoms with van der Waals surface area (Å²) in [5.41, 5.74) is 1.58. The van der Waals surface area contributed by atoms with Gasteiger partial charge in [0.1, 0.15) is 5.75 Å². The Morgan fingerprint density at radius 2 is 1.50 bits per heavy atom. The first kappa shape index (κ1) is 24.1. The molecule has 34 heavy (non-hydrogen) atoms. The summed E-state index contributed by atoms with van der Waals surface area (Å²) in [5, 5.41) is 11.9. The standard InChI is InChI=1S/C21H23F3N6O3S/c1-34(31,32)19-8-4-17(5-9-19)30-20(25-26-27-30)15-29-12-10-28(11-13-29)14-16-2-6-18(7-3-16)33-21(22,23)24/h2-9H,10-15H2,1H3. The lowest BCUT2D eigenvalue weighted by Gasteiger charge is -2.34. The van der Waals surface area contributed by atoms with Crippen molar-refractivity contribution in [2.24, 2.45) is 0 Å². The molecule has 0 atom stereocenters. The summed E-state index contributed by atoms with van der Waals surface area (Å²) in [6.45, 7) is 4.27. The van der Waals surface area contributed by atoms with Gasteiger partial charge in [-0.05, 0) is 52.4 Å². The van der Waals surface area contributed by atoms with Crippen molar-refractivity contribution in [3.8, 4) is 11.4 Å². The molecule has 0 aliphatic carbocycles. The smallest absolute Gasteiger partial charge is 0.406 e. The fourth-order valence-corrected chi connectivity index (χ4v) is 4.33. The first-order valence-corrected chi connectivity index (χ1v) is 12.3. The molecule has 0 unspecified atom stereocenters. The number of benzene rings is 2. The molecule has 1 aliphatic rings. The second-order valence-electron chi connectivity index (χ2n) is 8.02. The number of aromatic nitrogens is 4. The minimum absolute atomic E-state index is 0.226. The van der Waals surface area contributed by atoms with E-state index in [0.717, 1.165) is 38.0 Å². The van der Waals surface area contributed by atoms with E-state index >= 15 is 0 Å². The third kappa shape index (κ3) is 6.30. The van der Waals surface area contributed by atoms with E-state index in [1.807, 2.05) is 0 Å². The zero-order valence-corrected chi connectivity index (χ0v) is 19.1. The van der Waals surface area contributed by atoms with Gasteiger partial charge in [-0.15, -0.1) is 18.3 Å². The summed E-state index contributed by atoms with van der Waals surface area (Å²) >= 11 is 0. The van der Waals surface area contributed by atoms with Crippen LogP contribution in [0, 0.1) is 0 Å². The summed E-state index contributed by atoms with van der Waals surface area (Å²) in [6.07, 6.45) is -3.54. The molecule has 0 amide bonds. The Morgan fingerprint density at radius 3 is 2.06 bits per heavy atom. The first-order chi connectivity index (χ1) is 16.1. The van der Waals surface area contributed by atoms with Gasteiger partial charge in [-0.25, -0.2) is 8.42 Å². The Labute approximate surface area is 194 Å². The lowest BCUT2D eigenvalue weighted by Crippen LogP contribution is -2.45. The van der Waals surface area contributed by atoms with Crippen LogP contribution in [-0.2, 0) is 22.9 Å². The summed E-state index contributed by atoms with van der Waals surface area (Å²) in [6, 6.07) is 12.3. The van der Waals surface area contributed by atoms with Gasteiger partial charge in [-0.3, -0.25) is 9.80 Å². The van der Waals surface area contributed by atoms with Crippen LogP contribution >= 0.6 is 0 Å². The third-order valence-electron chi connectivity index (χ3n) is 5.44. The molecule has 4 rings (SSSR count). The van der Waals surface area contributed by atoms with Crippen LogP contribution in [0.2, 0.25) is 0 Å². The van der Waals surface area contributed by atoms with Crippen molar-refractivity contribution in [3.05, 3.63) is 59.9 Å². The van der Waals surface area contributed by atoms with E-state index in [0.29, 0.717) is 24.6 Å². The first-order valence-electron chi connectivity index (χ1n) is 10.4. The van der Waals surface area contributed by atoms with Crippen molar-refractivity contribution < 1.29 is 26.3 Å². The minimum Gasteiger partial charge on any atom is -0.406 e. The van der Waals surface area contributed by atoms with Crippen molar-refractivity contribution in [1.82, 2.24) is 30.0 Å². The van der Waals surface area contributed by atoms with Crippen LogP contribution in [0.15, 0.2) is 53.4 Å². The van der Waals surface area contributed by atoms with Gasteiger partial charge in [-0.1, -0.05) is 12.1 Å². The molecular weight excluding hydrogens is 473 g/mol. The number of halogens is 3. The molecule has 1 fully saturated rings. The highest BCUT2D eigenvalue weighted by Gasteiger charge is 2.31. The predicted octanol–water partition coefficient (Wildman–Crippen LogP) is 2.28. The second kappa shape index (κ2) is 9.68. The summed E-state index contributed by atoms with van der Waals surface area (Å²) in [7, 11) is -3.28. The number of sulfone groups is 1. The van der Waals surface area contributed by atoms with Gasteiger partial charge in [-0.2, -0.15) is 4.68 Å². The molecule has 0 spiro atoms. The normalized spacial score (nSPS) is 16.0. The molecule has 3 aromatic rings. The van der Waals surface area contributed by atoms with Crippen LogP contribution in [-0.4, -0.2) is 77.2 Å². The Hall–Kier alpha value is -3.03. The van der Waals surface area contributed by atoms with Gasteiger partial charge in [0, 0.05) is 39.0 Å². The topological polar surface area (TPSA) is 93.4 Å². The molecule has 9 nitrogen and oxygen atoms in total. The quantitative estimate of drug-likeness (QED) is 0.492. The average Bonchev–Trinajstić information content (AvgIpc) is 3.23. The fourth-order valence-electron chi connectivity index (χ4n) is 3.70. The zero-order chi connectivity index (χ0) is 24.3. The summed E-state index contributed by atoms with van der Waals surface area (Å²) in [5.74, 6) is 0.408. The maximum absolute atomic E-state index is 12.3. The van der Waals surface area contributed by atoms with Gasteiger partial charge >= 0.3 is 6.36 Å². The van der Waals surface area contributed by atoms with Crippen molar-refractivity contribution in [2.75, 3.05) is 32.4 Å². The minimum atomic E-state index is -4.70. The van der Waals surface area contributed by atoms with E-state index in [-0.39, 0.29) is 10.6 Å². The maximum Gasteiger partial charge on any atom is 0.573 e. The van der Waals surface area contributed by atoms with Crippen LogP contribution in [0.4, 0.5) is 13.2 Å². The van der Waals surface area contributed by atoms with Gasteiger partial charge in [0.05, 0.1) is 17.1 Å². The van der Waals surface area contributed by atoms with Crippen molar-refractivity contribution >= 4 is 9.84 Å². The predicted molar refractivity (Wildman–Crippen MR) is 116 cm³/mol. The van der Waals surface area contributed by atoms with E-state index in [9.17, 15) is 21.6 Å². The molecule has 1 saturated heterocycles. The molecule has 182 valence electrons. The van der Waals surface area contributed by atoms with E-state index in [1.54, 1.807) is 28.9 Å². The van der Waals surface area contributed by atoms with Crippen LogP contribution in [0.25, 0.3) is 5.69 Å². The monoisotopic (exact) mass is 496 g/mol. The lowest BCUT2D eigenvalue weighted by molar-refractivity contribution is -0.274. The highest BCUT2D eigenvalue weighted by molar-refractivity contribution is 7.90. The largest absolute Gasteiger partial charge is 0.573 e. The van der Waals surface area contributed by atoms with Crippen LogP contribution in [0.1, 0.15) is 11.4 Å². The number of alkyl halides is 3. The van der Waals surface area contributed by atoms with Gasteiger partial charge < -0.3 is 4.74 Å². The number of nitrogens with zero attached hydrogens (tertiary/aromatic N) is 6. The highest BCUT2D eigenvalue weighted by Crippen LogP contribution is 2.23. The molecule has 0 N–H and O–H groups in total. The molecular formula is C21H23F3N6O3S. The molecule has 0 saturated carbocycles. The molecule has 0 radical (unpaired) electrons. The van der Waals surface area contributed by atoms with Gasteiger partial charge in [0.25, 0.3) is 0 Å². The van der Waals surface area contributed by atoms with Crippen molar-refractivity contribution in [3.63, 3.8) is 0 Å². The number of piperazine rings is 1.